The number of carbonyl (C=O) groups is 1. The van der Waals surface area contributed by atoms with Crippen LogP contribution in [-0.2, 0) is 0 Å². The van der Waals surface area contributed by atoms with Gasteiger partial charge < -0.3 is 31.5 Å². The Kier molecular flexibility index (Phi) is 6.90. The monoisotopic (exact) mass is 478 g/mol. The molecule has 9 nitrogen and oxygen atoms in total. The number of hydrogen-bond donors (Lipinski definition) is 5. The highest BCUT2D eigenvalue weighted by Crippen LogP contribution is 2.27. The molecule has 2 aromatic rings. The predicted octanol–water partition coefficient (Wildman–Crippen LogP) is 2.38. The number of amides is 1. The van der Waals surface area contributed by atoms with Crippen LogP contribution in [-0.4, -0.2) is 66.9 Å². The summed E-state index contributed by atoms with van der Waals surface area (Å²) in [4.78, 5) is 18.6. The highest BCUT2D eigenvalue weighted by molar-refractivity contribution is 6.04. The van der Waals surface area contributed by atoms with E-state index in [1.165, 1.54) is 6.07 Å². The fourth-order valence-electron chi connectivity index (χ4n) is 4.53. The Bertz CT molecular complexity index is 1190. The molecule has 1 amide bonds. The topological polar surface area (TPSA) is 139 Å². The van der Waals surface area contributed by atoms with E-state index in [0.29, 0.717) is 43.9 Å². The van der Waals surface area contributed by atoms with Gasteiger partial charge in [0.25, 0.3) is 5.91 Å². The van der Waals surface area contributed by atoms with Crippen molar-refractivity contribution < 1.29 is 9.18 Å². The van der Waals surface area contributed by atoms with E-state index in [0.717, 1.165) is 29.9 Å². The number of carbonyl (C=O) groups excluding carboxylic acids is 1. The van der Waals surface area contributed by atoms with Gasteiger partial charge in [-0.25, -0.2) is 4.39 Å². The summed E-state index contributed by atoms with van der Waals surface area (Å²) >= 11 is 0. The molecule has 10 heteroatoms. The fraction of sp³-hybridized carbons (Fsp3) is 0.320. The summed E-state index contributed by atoms with van der Waals surface area (Å²) < 4.78 is 14.9. The average Bonchev–Trinajstić information content (AvgIpc) is 2.84. The molecule has 2 heterocycles. The van der Waals surface area contributed by atoms with Crippen molar-refractivity contribution in [3.63, 3.8) is 0 Å². The third kappa shape index (κ3) is 5.37. The second-order valence-electron chi connectivity index (χ2n) is 8.82. The van der Waals surface area contributed by atoms with Crippen molar-refractivity contribution in [2.75, 3.05) is 49.5 Å². The number of benzene rings is 2. The van der Waals surface area contributed by atoms with Crippen LogP contribution in [0.2, 0.25) is 0 Å². The summed E-state index contributed by atoms with van der Waals surface area (Å²) in [5.41, 5.74) is 15.4. The fourth-order valence-corrected chi connectivity index (χ4v) is 4.53. The normalized spacial score (nSPS) is 16.1. The van der Waals surface area contributed by atoms with Crippen molar-refractivity contribution in [3.8, 4) is 0 Å². The van der Waals surface area contributed by atoms with Crippen LogP contribution in [0.25, 0.3) is 5.57 Å². The molecule has 184 valence electrons. The Labute approximate surface area is 204 Å². The number of aryl methyl sites for hydroxylation is 1. The van der Waals surface area contributed by atoms with Crippen molar-refractivity contribution >= 4 is 34.8 Å². The number of nitrogens with zero attached hydrogens (tertiary/aromatic N) is 3. The number of nitrogens with one attached hydrogen (secondary N) is 3. The summed E-state index contributed by atoms with van der Waals surface area (Å²) in [7, 11) is 0. The molecule has 0 atom stereocenters. The highest BCUT2D eigenvalue weighted by Gasteiger charge is 2.20. The van der Waals surface area contributed by atoms with E-state index < -0.39 is 5.82 Å². The number of rotatable bonds is 4. The van der Waals surface area contributed by atoms with Crippen LogP contribution in [0.1, 0.15) is 27.9 Å². The lowest BCUT2D eigenvalue weighted by atomic mass is 9.97. The largest absolute Gasteiger partial charge is 0.370 e. The third-order valence-electron chi connectivity index (χ3n) is 6.54. The van der Waals surface area contributed by atoms with E-state index in [2.05, 4.69) is 10.2 Å². The number of nitrogens with two attached hydrogens (primary N) is 2. The van der Waals surface area contributed by atoms with Gasteiger partial charge in [0, 0.05) is 61.8 Å². The van der Waals surface area contributed by atoms with Gasteiger partial charge in [-0.1, -0.05) is 12.1 Å². The number of anilines is 2. The average molecular weight is 479 g/mol. The van der Waals surface area contributed by atoms with E-state index in [1.807, 2.05) is 36.1 Å². The molecule has 0 spiro atoms. The van der Waals surface area contributed by atoms with E-state index >= 15 is 0 Å². The molecule has 0 bridgehead atoms. The molecule has 2 aliphatic heterocycles. The van der Waals surface area contributed by atoms with Crippen molar-refractivity contribution in [1.29, 1.82) is 10.8 Å². The van der Waals surface area contributed by atoms with Crippen molar-refractivity contribution in [2.24, 2.45) is 11.5 Å². The Balaban J connectivity index is 1.41. The molecule has 0 saturated carbocycles. The first-order valence-corrected chi connectivity index (χ1v) is 11.6. The lowest BCUT2D eigenvalue weighted by molar-refractivity contribution is 0.102. The van der Waals surface area contributed by atoms with Crippen LogP contribution in [0, 0.1) is 23.6 Å². The Morgan fingerprint density at radius 2 is 1.69 bits per heavy atom. The minimum atomic E-state index is -0.448. The molecule has 4 rings (SSSR count). The molecule has 0 radical (unpaired) electrons. The smallest absolute Gasteiger partial charge is 0.255 e. The molecular weight excluding hydrogens is 447 g/mol. The van der Waals surface area contributed by atoms with E-state index in [1.54, 1.807) is 17.0 Å². The standard InChI is InChI=1S/C25H31FN8O/c1-16-14-19(3-5-22(16)32-10-12-34(13-11-32)25(29)30)31-23(35)18-2-4-20(21(26)15-18)17-6-8-33(9-7-17)24(27)28/h2-6,14-15H,7-13H2,1H3,(H3,27,28)(H3,29,30)(H,31,35). The maximum Gasteiger partial charge on any atom is 0.255 e. The summed E-state index contributed by atoms with van der Waals surface area (Å²) in [5.74, 6) is -0.722. The third-order valence-corrected chi connectivity index (χ3v) is 6.54. The van der Waals surface area contributed by atoms with Gasteiger partial charge in [-0.3, -0.25) is 15.6 Å². The Hall–Kier alpha value is -4.08. The molecule has 0 unspecified atom stereocenters. The van der Waals surface area contributed by atoms with Crippen molar-refractivity contribution in [1.82, 2.24) is 9.80 Å². The number of halogens is 1. The number of piperazine rings is 1. The van der Waals surface area contributed by atoms with Gasteiger partial charge in [-0.15, -0.1) is 0 Å². The van der Waals surface area contributed by atoms with Gasteiger partial charge in [0.15, 0.2) is 11.9 Å². The van der Waals surface area contributed by atoms with E-state index in [-0.39, 0.29) is 23.4 Å². The number of guanidine groups is 2. The molecule has 1 fully saturated rings. The van der Waals surface area contributed by atoms with Crippen molar-refractivity contribution in [3.05, 3.63) is 65.0 Å². The first-order valence-electron chi connectivity index (χ1n) is 11.6. The highest BCUT2D eigenvalue weighted by atomic mass is 19.1. The maximum atomic E-state index is 14.9. The SMILES string of the molecule is Cc1cc(NC(=O)c2ccc(C3=CCN(C(=N)N)CC3)c(F)c2)ccc1N1CCN(C(=N)N)CC1. The molecule has 7 N–H and O–H groups in total. The van der Waals surface area contributed by atoms with Gasteiger partial charge in [0.1, 0.15) is 5.82 Å². The second kappa shape index (κ2) is 10.0. The van der Waals surface area contributed by atoms with Crippen LogP contribution in [0.15, 0.2) is 42.5 Å². The van der Waals surface area contributed by atoms with Gasteiger partial charge in [0.05, 0.1) is 0 Å². The lowest BCUT2D eigenvalue weighted by Gasteiger charge is -2.37. The lowest BCUT2D eigenvalue weighted by Crippen LogP contribution is -2.51. The first kappa shape index (κ1) is 24.1. The van der Waals surface area contributed by atoms with E-state index in [4.69, 9.17) is 22.3 Å². The van der Waals surface area contributed by atoms with Crippen LogP contribution >= 0.6 is 0 Å². The first-order chi connectivity index (χ1) is 16.7. The molecule has 0 aromatic heterocycles. The second-order valence-corrected chi connectivity index (χ2v) is 8.82. The molecule has 0 aliphatic carbocycles. The molecular formula is C25H31FN8O. The predicted molar refractivity (Wildman–Crippen MR) is 137 cm³/mol. The maximum absolute atomic E-state index is 14.9. The number of hydrogen-bond acceptors (Lipinski definition) is 4. The minimum Gasteiger partial charge on any atom is -0.370 e. The minimum absolute atomic E-state index is 0.00613. The van der Waals surface area contributed by atoms with Crippen molar-refractivity contribution in [2.45, 2.75) is 13.3 Å². The van der Waals surface area contributed by atoms with Crippen LogP contribution in [0.3, 0.4) is 0 Å². The zero-order valence-electron chi connectivity index (χ0n) is 19.8. The zero-order valence-corrected chi connectivity index (χ0v) is 19.8. The zero-order chi connectivity index (χ0) is 25.1. The molecule has 2 aromatic carbocycles. The summed E-state index contributed by atoms with van der Waals surface area (Å²) in [6.45, 7) is 5.93. The van der Waals surface area contributed by atoms with Gasteiger partial charge >= 0.3 is 0 Å². The molecule has 35 heavy (non-hydrogen) atoms. The van der Waals surface area contributed by atoms with Crippen LogP contribution < -0.4 is 21.7 Å². The summed E-state index contributed by atoms with van der Waals surface area (Å²) in [6, 6.07) is 10.2. The van der Waals surface area contributed by atoms with Crippen LogP contribution in [0.4, 0.5) is 15.8 Å². The quantitative estimate of drug-likeness (QED) is 0.338. The summed E-state index contributed by atoms with van der Waals surface area (Å²) in [6.07, 6.45) is 2.45. The van der Waals surface area contributed by atoms with Gasteiger partial charge in [0.2, 0.25) is 0 Å². The Morgan fingerprint density at radius 1 is 0.971 bits per heavy atom. The summed E-state index contributed by atoms with van der Waals surface area (Å²) in [5, 5.41) is 17.9. The molecule has 2 aliphatic rings. The Morgan fingerprint density at radius 3 is 2.26 bits per heavy atom. The van der Waals surface area contributed by atoms with E-state index in [9.17, 15) is 9.18 Å². The van der Waals surface area contributed by atoms with Gasteiger partial charge in [-0.2, -0.15) is 0 Å². The molecule has 1 saturated heterocycles. The van der Waals surface area contributed by atoms with Gasteiger partial charge in [-0.05, 0) is 54.8 Å². The van der Waals surface area contributed by atoms with Crippen LogP contribution in [0.5, 0.6) is 0 Å².